The number of rotatable bonds is 8. The molecule has 0 bridgehead atoms. The van der Waals surface area contributed by atoms with Gasteiger partial charge < -0.3 is 10.1 Å². The zero-order valence-corrected chi connectivity index (χ0v) is 15.9. The number of nitrogens with one attached hydrogen (secondary N) is 1. The van der Waals surface area contributed by atoms with E-state index in [1.54, 1.807) is 11.8 Å². The molecule has 0 unspecified atom stereocenters. The van der Waals surface area contributed by atoms with Crippen LogP contribution in [-0.2, 0) is 17.6 Å². The van der Waals surface area contributed by atoms with Crippen molar-refractivity contribution in [3.63, 3.8) is 0 Å². The second-order valence-corrected chi connectivity index (χ2v) is 6.93. The van der Waals surface area contributed by atoms with Crippen LogP contribution < -0.4 is 10.1 Å². The lowest BCUT2D eigenvalue weighted by molar-refractivity contribution is -0.127. The molecule has 3 rings (SSSR count). The summed E-state index contributed by atoms with van der Waals surface area (Å²) in [5, 5.41) is 10.9. The van der Waals surface area contributed by atoms with Crippen molar-refractivity contribution in [3.8, 4) is 5.75 Å². The Kier molecular flexibility index (Phi) is 5.73. The number of hydrogen-bond acceptors (Lipinski definition) is 5. The van der Waals surface area contributed by atoms with Crippen molar-refractivity contribution in [2.75, 3.05) is 13.7 Å². The Labute approximate surface area is 158 Å². The molecule has 27 heavy (non-hydrogen) atoms. The SMILES string of the molecule is COc1cccc(CCCN2C(=O)N[C@@H](Cc3cn(C(C)C)nn3)C2=O)c1. The van der Waals surface area contributed by atoms with Crippen molar-refractivity contribution in [3.05, 3.63) is 41.7 Å². The normalized spacial score (nSPS) is 16.9. The van der Waals surface area contributed by atoms with Gasteiger partial charge in [0.25, 0.3) is 5.91 Å². The van der Waals surface area contributed by atoms with Crippen molar-refractivity contribution in [2.45, 2.75) is 45.2 Å². The van der Waals surface area contributed by atoms with Crippen LogP contribution in [-0.4, -0.2) is 51.5 Å². The van der Waals surface area contributed by atoms with Gasteiger partial charge in [-0.3, -0.25) is 9.69 Å². The van der Waals surface area contributed by atoms with Crippen LogP contribution in [0, 0.1) is 0 Å². The van der Waals surface area contributed by atoms with Gasteiger partial charge in [-0.2, -0.15) is 0 Å². The maximum Gasteiger partial charge on any atom is 0.324 e. The number of carbonyl (C=O) groups is 2. The summed E-state index contributed by atoms with van der Waals surface area (Å²) in [5.41, 5.74) is 1.81. The summed E-state index contributed by atoms with van der Waals surface area (Å²) >= 11 is 0. The third-order valence-electron chi connectivity index (χ3n) is 4.59. The highest BCUT2D eigenvalue weighted by Gasteiger charge is 2.37. The molecule has 1 aliphatic rings. The van der Waals surface area contributed by atoms with Crippen LogP contribution in [0.1, 0.15) is 37.6 Å². The van der Waals surface area contributed by atoms with E-state index >= 15 is 0 Å². The molecule has 0 aliphatic carbocycles. The zero-order valence-electron chi connectivity index (χ0n) is 15.9. The number of imide groups is 1. The maximum absolute atomic E-state index is 12.6. The van der Waals surface area contributed by atoms with Gasteiger partial charge in [0.2, 0.25) is 0 Å². The van der Waals surface area contributed by atoms with E-state index < -0.39 is 6.04 Å². The van der Waals surface area contributed by atoms with Gasteiger partial charge in [-0.1, -0.05) is 17.3 Å². The monoisotopic (exact) mass is 371 g/mol. The van der Waals surface area contributed by atoms with Crippen LogP contribution >= 0.6 is 0 Å². The van der Waals surface area contributed by atoms with Crippen molar-refractivity contribution in [2.24, 2.45) is 0 Å². The first-order chi connectivity index (χ1) is 13.0. The number of hydrogen-bond donors (Lipinski definition) is 1. The number of amides is 3. The Bertz CT molecular complexity index is 817. The minimum absolute atomic E-state index is 0.202. The predicted molar refractivity (Wildman–Crippen MR) is 99.5 cm³/mol. The molecule has 8 nitrogen and oxygen atoms in total. The first-order valence-electron chi connectivity index (χ1n) is 9.13. The largest absolute Gasteiger partial charge is 0.497 e. The molecular weight excluding hydrogens is 346 g/mol. The molecule has 1 atom stereocenters. The molecule has 1 aliphatic heterocycles. The smallest absolute Gasteiger partial charge is 0.324 e. The molecule has 1 N–H and O–H groups in total. The Hall–Kier alpha value is -2.90. The Morgan fingerprint density at radius 2 is 2.11 bits per heavy atom. The highest BCUT2D eigenvalue weighted by atomic mass is 16.5. The quantitative estimate of drug-likeness (QED) is 0.717. The van der Waals surface area contributed by atoms with E-state index in [1.807, 2.05) is 44.3 Å². The molecule has 0 spiro atoms. The van der Waals surface area contributed by atoms with Gasteiger partial charge in [0, 0.05) is 25.2 Å². The predicted octanol–water partition coefficient (Wildman–Crippen LogP) is 1.96. The Morgan fingerprint density at radius 3 is 2.81 bits per heavy atom. The second kappa shape index (κ2) is 8.20. The van der Waals surface area contributed by atoms with Gasteiger partial charge in [0.05, 0.1) is 12.8 Å². The molecule has 0 radical (unpaired) electrons. The van der Waals surface area contributed by atoms with E-state index in [1.165, 1.54) is 4.90 Å². The second-order valence-electron chi connectivity index (χ2n) is 6.93. The molecule has 144 valence electrons. The van der Waals surface area contributed by atoms with Crippen LogP contribution in [0.15, 0.2) is 30.5 Å². The molecule has 2 aromatic rings. The minimum atomic E-state index is -0.577. The average Bonchev–Trinajstić information content (AvgIpc) is 3.22. The van der Waals surface area contributed by atoms with Gasteiger partial charge in [-0.25, -0.2) is 9.48 Å². The number of nitrogens with zero attached hydrogens (tertiary/aromatic N) is 4. The number of methoxy groups -OCH3 is 1. The zero-order chi connectivity index (χ0) is 19.4. The minimum Gasteiger partial charge on any atom is -0.497 e. The fourth-order valence-electron chi connectivity index (χ4n) is 3.06. The van der Waals surface area contributed by atoms with Crippen molar-refractivity contribution < 1.29 is 14.3 Å². The van der Waals surface area contributed by atoms with E-state index in [0.29, 0.717) is 25.1 Å². The molecule has 1 aromatic carbocycles. The molecule has 1 saturated heterocycles. The first-order valence-corrected chi connectivity index (χ1v) is 9.13. The summed E-state index contributed by atoms with van der Waals surface area (Å²) in [6.45, 7) is 4.40. The summed E-state index contributed by atoms with van der Waals surface area (Å²) in [5.74, 6) is 0.599. The standard InChI is InChI=1S/C19H25N5O3/c1-13(2)24-12-15(21-22-24)11-17-18(25)23(19(26)20-17)9-5-7-14-6-4-8-16(10-14)27-3/h4,6,8,10,12-13,17H,5,7,9,11H2,1-3H3,(H,20,26)/t17-/m0/s1. The van der Waals surface area contributed by atoms with Crippen molar-refractivity contribution in [1.82, 2.24) is 25.2 Å². The van der Waals surface area contributed by atoms with Crippen molar-refractivity contribution >= 4 is 11.9 Å². The van der Waals surface area contributed by atoms with Gasteiger partial charge in [0.1, 0.15) is 11.8 Å². The summed E-state index contributed by atoms with van der Waals surface area (Å²) < 4.78 is 6.95. The summed E-state index contributed by atoms with van der Waals surface area (Å²) in [7, 11) is 1.63. The van der Waals surface area contributed by atoms with Crippen LogP contribution in [0.25, 0.3) is 0 Å². The van der Waals surface area contributed by atoms with Gasteiger partial charge in [0.15, 0.2) is 0 Å². The van der Waals surface area contributed by atoms with Crippen LogP contribution in [0.5, 0.6) is 5.75 Å². The van der Waals surface area contributed by atoms with Gasteiger partial charge >= 0.3 is 6.03 Å². The summed E-state index contributed by atoms with van der Waals surface area (Å²) in [6, 6.07) is 7.08. The number of benzene rings is 1. The highest BCUT2D eigenvalue weighted by molar-refractivity contribution is 6.04. The fraction of sp³-hybridized carbons (Fsp3) is 0.474. The van der Waals surface area contributed by atoms with Crippen molar-refractivity contribution in [1.29, 1.82) is 0 Å². The van der Waals surface area contributed by atoms with Crippen LogP contribution in [0.2, 0.25) is 0 Å². The maximum atomic E-state index is 12.6. The average molecular weight is 371 g/mol. The molecule has 2 heterocycles. The number of aromatic nitrogens is 3. The lowest BCUT2D eigenvalue weighted by Gasteiger charge is -2.13. The lowest BCUT2D eigenvalue weighted by Crippen LogP contribution is -2.33. The molecular formula is C19H25N5O3. The summed E-state index contributed by atoms with van der Waals surface area (Å²) in [6.07, 6.45) is 3.63. The third-order valence-corrected chi connectivity index (χ3v) is 4.59. The number of ether oxygens (including phenoxy) is 1. The Morgan fingerprint density at radius 1 is 1.30 bits per heavy atom. The van der Waals surface area contributed by atoms with E-state index in [0.717, 1.165) is 17.7 Å². The molecule has 1 aromatic heterocycles. The molecule has 8 heteroatoms. The molecule has 1 fully saturated rings. The first kappa shape index (κ1) is 18.9. The number of carbonyl (C=O) groups excluding carboxylic acids is 2. The van der Waals surface area contributed by atoms with Crippen LogP contribution in [0.4, 0.5) is 4.79 Å². The van der Waals surface area contributed by atoms with Crippen LogP contribution in [0.3, 0.4) is 0 Å². The van der Waals surface area contributed by atoms with E-state index in [2.05, 4.69) is 15.6 Å². The van der Waals surface area contributed by atoms with E-state index in [9.17, 15) is 9.59 Å². The third kappa shape index (κ3) is 4.45. The summed E-state index contributed by atoms with van der Waals surface area (Å²) in [4.78, 5) is 26.0. The lowest BCUT2D eigenvalue weighted by atomic mass is 10.1. The van der Waals surface area contributed by atoms with Gasteiger partial charge in [-0.15, -0.1) is 5.10 Å². The van der Waals surface area contributed by atoms with E-state index in [4.69, 9.17) is 4.74 Å². The number of aryl methyl sites for hydroxylation is 1. The number of urea groups is 1. The Balaban J connectivity index is 1.54. The fourth-order valence-corrected chi connectivity index (χ4v) is 3.06. The topological polar surface area (TPSA) is 89.3 Å². The van der Waals surface area contributed by atoms with E-state index in [-0.39, 0.29) is 18.0 Å². The highest BCUT2D eigenvalue weighted by Crippen LogP contribution is 2.16. The molecule has 3 amide bonds. The van der Waals surface area contributed by atoms with Gasteiger partial charge in [-0.05, 0) is 44.4 Å². The molecule has 0 saturated carbocycles.